The van der Waals surface area contributed by atoms with Crippen molar-refractivity contribution < 1.29 is 18.0 Å². The molecule has 0 aromatic heterocycles. The van der Waals surface area contributed by atoms with E-state index in [9.17, 15) is 18.0 Å². The molecule has 0 bridgehead atoms. The summed E-state index contributed by atoms with van der Waals surface area (Å²) in [6.07, 6.45) is -3.95. The molecule has 0 aliphatic heterocycles. The number of amides is 1. The second kappa shape index (κ2) is 7.70. The van der Waals surface area contributed by atoms with Crippen molar-refractivity contribution in [2.75, 3.05) is 19.6 Å². The van der Waals surface area contributed by atoms with E-state index in [1.54, 1.807) is 19.1 Å². The smallest absolute Gasteiger partial charge is 0.330 e. The molecule has 0 fully saturated rings. The van der Waals surface area contributed by atoms with Gasteiger partial charge in [0, 0.05) is 17.7 Å². The Bertz CT molecular complexity index is 527. The molecule has 3 nitrogen and oxygen atoms in total. The topological polar surface area (TPSA) is 46.3 Å². The second-order valence-corrected chi connectivity index (χ2v) is 4.43. The molecule has 1 amide bonds. The predicted octanol–water partition coefficient (Wildman–Crippen LogP) is 2.41. The second-order valence-electron chi connectivity index (χ2n) is 4.43. The average molecular weight is 298 g/mol. The van der Waals surface area contributed by atoms with E-state index in [2.05, 4.69) is 11.8 Å². The van der Waals surface area contributed by atoms with Crippen LogP contribution in [0, 0.1) is 11.8 Å². The van der Waals surface area contributed by atoms with E-state index in [1.165, 1.54) is 12.1 Å². The van der Waals surface area contributed by atoms with Gasteiger partial charge in [0.25, 0.3) is 5.91 Å². The zero-order chi connectivity index (χ0) is 15.9. The van der Waals surface area contributed by atoms with E-state index >= 15 is 0 Å². The highest BCUT2D eigenvalue weighted by Gasteiger charge is 2.32. The standard InChI is InChI=1S/C15H17F3N2O/c1-2-10-20(11-15(16,17)18)14(21)13-7-5-12(6-8-13)4-3-9-19/h5-8H,2,9-11,19H2,1H3. The van der Waals surface area contributed by atoms with E-state index in [-0.39, 0.29) is 18.7 Å². The predicted molar refractivity (Wildman–Crippen MR) is 74.6 cm³/mol. The van der Waals surface area contributed by atoms with Crippen LogP contribution in [0.15, 0.2) is 24.3 Å². The lowest BCUT2D eigenvalue weighted by Gasteiger charge is -2.23. The number of hydrogen-bond donors (Lipinski definition) is 1. The molecule has 0 saturated carbocycles. The van der Waals surface area contributed by atoms with Crippen LogP contribution in [-0.2, 0) is 0 Å². The molecule has 0 radical (unpaired) electrons. The summed E-state index contributed by atoms with van der Waals surface area (Å²) in [4.78, 5) is 12.9. The van der Waals surface area contributed by atoms with Gasteiger partial charge in [-0.2, -0.15) is 13.2 Å². The Morgan fingerprint density at radius 2 is 1.90 bits per heavy atom. The summed E-state index contributed by atoms with van der Waals surface area (Å²) >= 11 is 0. The molecule has 0 unspecified atom stereocenters. The number of carbonyl (C=O) groups is 1. The molecule has 114 valence electrons. The third kappa shape index (κ3) is 5.88. The van der Waals surface area contributed by atoms with Gasteiger partial charge in [0.1, 0.15) is 6.54 Å². The molecular formula is C15H17F3N2O. The normalized spacial score (nSPS) is 10.7. The number of hydrogen-bond acceptors (Lipinski definition) is 2. The highest BCUT2D eigenvalue weighted by molar-refractivity contribution is 5.94. The van der Waals surface area contributed by atoms with Gasteiger partial charge in [-0.05, 0) is 30.7 Å². The van der Waals surface area contributed by atoms with E-state index in [0.717, 1.165) is 4.90 Å². The van der Waals surface area contributed by atoms with Crippen molar-refractivity contribution >= 4 is 5.91 Å². The van der Waals surface area contributed by atoms with Gasteiger partial charge in [0.15, 0.2) is 0 Å². The van der Waals surface area contributed by atoms with Crippen LogP contribution in [-0.4, -0.2) is 36.6 Å². The number of carbonyl (C=O) groups excluding carboxylic acids is 1. The van der Waals surface area contributed by atoms with Crippen LogP contribution in [0.1, 0.15) is 29.3 Å². The Labute approximate surface area is 121 Å². The fraction of sp³-hybridized carbons (Fsp3) is 0.400. The first-order valence-corrected chi connectivity index (χ1v) is 6.52. The summed E-state index contributed by atoms with van der Waals surface area (Å²) in [6, 6.07) is 6.13. The van der Waals surface area contributed by atoms with E-state index in [0.29, 0.717) is 12.0 Å². The fourth-order valence-electron chi connectivity index (χ4n) is 1.77. The molecule has 2 N–H and O–H groups in total. The lowest BCUT2D eigenvalue weighted by Crippen LogP contribution is -2.39. The number of nitrogens with two attached hydrogens (primary N) is 1. The minimum atomic E-state index is -4.41. The van der Waals surface area contributed by atoms with Gasteiger partial charge in [-0.25, -0.2) is 0 Å². The Morgan fingerprint density at radius 1 is 1.29 bits per heavy atom. The lowest BCUT2D eigenvalue weighted by molar-refractivity contribution is -0.140. The van der Waals surface area contributed by atoms with Gasteiger partial charge < -0.3 is 10.6 Å². The first-order valence-electron chi connectivity index (χ1n) is 6.52. The number of benzene rings is 1. The van der Waals surface area contributed by atoms with Gasteiger partial charge in [0.05, 0.1) is 6.54 Å². The largest absolute Gasteiger partial charge is 0.406 e. The highest BCUT2D eigenvalue weighted by Crippen LogP contribution is 2.18. The molecular weight excluding hydrogens is 281 g/mol. The summed E-state index contributed by atoms with van der Waals surface area (Å²) in [5.74, 6) is 4.81. The molecule has 1 rings (SSSR count). The summed E-state index contributed by atoms with van der Waals surface area (Å²) in [7, 11) is 0. The molecule has 0 aliphatic carbocycles. The van der Waals surface area contributed by atoms with Crippen LogP contribution in [0.3, 0.4) is 0 Å². The van der Waals surface area contributed by atoms with Gasteiger partial charge in [-0.15, -0.1) is 0 Å². The summed E-state index contributed by atoms with van der Waals surface area (Å²) < 4.78 is 37.5. The Morgan fingerprint density at radius 3 is 2.38 bits per heavy atom. The molecule has 0 spiro atoms. The maximum absolute atomic E-state index is 12.5. The van der Waals surface area contributed by atoms with E-state index < -0.39 is 18.6 Å². The van der Waals surface area contributed by atoms with Crippen LogP contribution >= 0.6 is 0 Å². The van der Waals surface area contributed by atoms with Crippen molar-refractivity contribution in [2.24, 2.45) is 5.73 Å². The Balaban J connectivity index is 2.88. The summed E-state index contributed by atoms with van der Waals surface area (Å²) in [6.45, 7) is 0.764. The van der Waals surface area contributed by atoms with Gasteiger partial charge >= 0.3 is 6.18 Å². The van der Waals surface area contributed by atoms with Crippen LogP contribution in [0.25, 0.3) is 0 Å². The monoisotopic (exact) mass is 298 g/mol. The number of nitrogens with zero attached hydrogens (tertiary/aromatic N) is 1. The van der Waals surface area contributed by atoms with Crippen molar-refractivity contribution in [2.45, 2.75) is 19.5 Å². The average Bonchev–Trinajstić information content (AvgIpc) is 2.43. The van der Waals surface area contributed by atoms with Crippen LogP contribution < -0.4 is 5.73 Å². The molecule has 1 aromatic rings. The third-order valence-corrected chi connectivity index (χ3v) is 2.62. The first-order chi connectivity index (χ1) is 9.87. The zero-order valence-electron chi connectivity index (χ0n) is 11.7. The summed E-state index contributed by atoms with van der Waals surface area (Å²) in [5.41, 5.74) is 6.12. The van der Waals surface area contributed by atoms with E-state index in [4.69, 9.17) is 5.73 Å². The molecule has 0 atom stereocenters. The molecule has 6 heteroatoms. The van der Waals surface area contributed by atoms with E-state index in [1.807, 2.05) is 0 Å². The van der Waals surface area contributed by atoms with Crippen LogP contribution in [0.2, 0.25) is 0 Å². The van der Waals surface area contributed by atoms with Crippen molar-refractivity contribution in [3.63, 3.8) is 0 Å². The first kappa shape index (κ1) is 17.1. The number of rotatable bonds is 4. The van der Waals surface area contributed by atoms with Crippen LogP contribution in [0.5, 0.6) is 0 Å². The summed E-state index contributed by atoms with van der Waals surface area (Å²) in [5, 5.41) is 0. The van der Waals surface area contributed by atoms with Crippen molar-refractivity contribution in [1.82, 2.24) is 4.90 Å². The zero-order valence-corrected chi connectivity index (χ0v) is 11.7. The molecule has 0 heterocycles. The highest BCUT2D eigenvalue weighted by atomic mass is 19.4. The number of halogens is 3. The van der Waals surface area contributed by atoms with Crippen molar-refractivity contribution in [3.8, 4) is 11.8 Å². The molecule has 0 aliphatic rings. The minimum Gasteiger partial charge on any atom is -0.330 e. The Hall–Kier alpha value is -2.00. The van der Waals surface area contributed by atoms with Crippen molar-refractivity contribution in [1.29, 1.82) is 0 Å². The quantitative estimate of drug-likeness (QED) is 0.868. The molecule has 0 saturated heterocycles. The van der Waals surface area contributed by atoms with Crippen molar-refractivity contribution in [3.05, 3.63) is 35.4 Å². The SMILES string of the molecule is CCCN(CC(F)(F)F)C(=O)c1ccc(C#CCN)cc1. The molecule has 21 heavy (non-hydrogen) atoms. The Kier molecular flexibility index (Phi) is 6.25. The minimum absolute atomic E-state index is 0.0626. The van der Waals surface area contributed by atoms with Gasteiger partial charge in [-0.1, -0.05) is 18.8 Å². The maximum atomic E-state index is 12.5. The maximum Gasteiger partial charge on any atom is 0.406 e. The van der Waals surface area contributed by atoms with Crippen LogP contribution in [0.4, 0.5) is 13.2 Å². The molecule has 1 aromatic carbocycles. The fourth-order valence-corrected chi connectivity index (χ4v) is 1.77. The third-order valence-electron chi connectivity index (χ3n) is 2.62. The number of alkyl halides is 3. The lowest BCUT2D eigenvalue weighted by atomic mass is 10.1. The van der Waals surface area contributed by atoms with Gasteiger partial charge in [-0.3, -0.25) is 4.79 Å². The van der Waals surface area contributed by atoms with Gasteiger partial charge in [0.2, 0.25) is 0 Å².